The zero-order valence-corrected chi connectivity index (χ0v) is 17.1. The van der Waals surface area contributed by atoms with Crippen molar-refractivity contribution in [3.05, 3.63) is 65.2 Å². The van der Waals surface area contributed by atoms with Crippen molar-refractivity contribution in [2.75, 3.05) is 13.1 Å². The third kappa shape index (κ3) is 5.83. The van der Waals surface area contributed by atoms with Gasteiger partial charge in [0, 0.05) is 13.1 Å². The van der Waals surface area contributed by atoms with E-state index in [1.807, 2.05) is 24.3 Å². The maximum Gasteiger partial charge on any atom is 0.261 e. The number of carbonyl (C=O) groups is 1. The summed E-state index contributed by atoms with van der Waals surface area (Å²) < 4.78 is 5.87. The van der Waals surface area contributed by atoms with Gasteiger partial charge in [-0.25, -0.2) is 0 Å². The van der Waals surface area contributed by atoms with E-state index in [-0.39, 0.29) is 5.91 Å². The number of piperidine rings is 1. The van der Waals surface area contributed by atoms with Crippen molar-refractivity contribution < 1.29 is 9.53 Å². The highest BCUT2D eigenvalue weighted by Crippen LogP contribution is 2.20. The zero-order valence-electron chi connectivity index (χ0n) is 17.1. The Labute approximate surface area is 168 Å². The summed E-state index contributed by atoms with van der Waals surface area (Å²) in [6, 6.07) is 16.4. The SMILES string of the molecule is CCc1ccccc1OC(C)C(=O)NCc1ccc(CN2CCCCC2)cc1. The lowest BCUT2D eigenvalue weighted by molar-refractivity contribution is -0.127. The Balaban J connectivity index is 1.47. The molecule has 1 fully saturated rings. The first-order chi connectivity index (χ1) is 13.7. The second-order valence-electron chi connectivity index (χ2n) is 7.59. The molecule has 150 valence electrons. The zero-order chi connectivity index (χ0) is 19.8. The van der Waals surface area contributed by atoms with Gasteiger partial charge in [0.2, 0.25) is 0 Å². The normalized spacial score (nSPS) is 15.8. The molecule has 0 saturated carbocycles. The Morgan fingerprint density at radius 3 is 2.43 bits per heavy atom. The van der Waals surface area contributed by atoms with E-state index in [4.69, 9.17) is 4.74 Å². The van der Waals surface area contributed by atoms with Crippen LogP contribution in [0, 0.1) is 0 Å². The molecule has 0 aromatic heterocycles. The first-order valence-electron chi connectivity index (χ1n) is 10.5. The predicted molar refractivity (Wildman–Crippen MR) is 113 cm³/mol. The second kappa shape index (κ2) is 10.3. The molecule has 1 unspecified atom stereocenters. The molecule has 2 aromatic rings. The van der Waals surface area contributed by atoms with Crippen LogP contribution in [-0.4, -0.2) is 30.0 Å². The summed E-state index contributed by atoms with van der Waals surface area (Å²) in [5, 5.41) is 2.98. The van der Waals surface area contributed by atoms with Gasteiger partial charge in [-0.2, -0.15) is 0 Å². The van der Waals surface area contributed by atoms with Gasteiger partial charge in [0.25, 0.3) is 5.91 Å². The van der Waals surface area contributed by atoms with Crippen LogP contribution in [0.4, 0.5) is 0 Å². The molecule has 28 heavy (non-hydrogen) atoms. The number of carbonyl (C=O) groups excluding carboxylic acids is 1. The summed E-state index contributed by atoms with van der Waals surface area (Å²) in [4.78, 5) is 14.9. The van der Waals surface area contributed by atoms with E-state index >= 15 is 0 Å². The molecule has 1 atom stereocenters. The van der Waals surface area contributed by atoms with Gasteiger partial charge in [-0.05, 0) is 62.0 Å². The fourth-order valence-corrected chi connectivity index (χ4v) is 3.63. The molecule has 3 rings (SSSR count). The molecule has 2 aromatic carbocycles. The average molecular weight is 381 g/mol. The standard InChI is InChI=1S/C24H32N2O2/c1-3-22-9-5-6-10-23(22)28-19(2)24(27)25-17-20-11-13-21(14-12-20)18-26-15-7-4-8-16-26/h5-6,9-14,19H,3-4,7-8,15-18H2,1-2H3,(H,25,27). The van der Waals surface area contributed by atoms with Gasteiger partial charge in [0.1, 0.15) is 5.75 Å². The fraction of sp³-hybridized carbons (Fsp3) is 0.458. The van der Waals surface area contributed by atoms with Crippen LogP contribution in [0.15, 0.2) is 48.5 Å². The van der Waals surface area contributed by atoms with E-state index < -0.39 is 6.10 Å². The smallest absolute Gasteiger partial charge is 0.261 e. The van der Waals surface area contributed by atoms with Crippen molar-refractivity contribution in [1.29, 1.82) is 0 Å². The van der Waals surface area contributed by atoms with Gasteiger partial charge >= 0.3 is 0 Å². The molecule has 4 nitrogen and oxygen atoms in total. The van der Waals surface area contributed by atoms with Gasteiger partial charge in [0.05, 0.1) is 0 Å². The van der Waals surface area contributed by atoms with E-state index in [0.29, 0.717) is 6.54 Å². The number of aryl methyl sites for hydroxylation is 1. The molecule has 1 aliphatic rings. The van der Waals surface area contributed by atoms with Crippen LogP contribution in [0.3, 0.4) is 0 Å². The van der Waals surface area contributed by atoms with Gasteiger partial charge in [-0.1, -0.05) is 55.8 Å². The van der Waals surface area contributed by atoms with E-state index in [9.17, 15) is 4.79 Å². The minimum absolute atomic E-state index is 0.0942. The molecule has 0 spiro atoms. The topological polar surface area (TPSA) is 41.6 Å². The minimum atomic E-state index is -0.522. The summed E-state index contributed by atoms with van der Waals surface area (Å²) in [5.41, 5.74) is 3.56. The second-order valence-corrected chi connectivity index (χ2v) is 7.59. The molecule has 1 heterocycles. The Morgan fingerprint density at radius 1 is 1.04 bits per heavy atom. The number of para-hydroxylation sites is 1. The summed E-state index contributed by atoms with van der Waals surface area (Å²) in [6.07, 6.45) is 4.35. The van der Waals surface area contributed by atoms with E-state index in [0.717, 1.165) is 29.8 Å². The van der Waals surface area contributed by atoms with Crippen molar-refractivity contribution >= 4 is 5.91 Å². The number of nitrogens with zero attached hydrogens (tertiary/aromatic N) is 1. The molecule has 0 bridgehead atoms. The number of hydrogen-bond donors (Lipinski definition) is 1. The number of rotatable bonds is 8. The first-order valence-corrected chi connectivity index (χ1v) is 10.5. The quantitative estimate of drug-likeness (QED) is 0.742. The predicted octanol–water partition coefficient (Wildman–Crippen LogP) is 4.32. The van der Waals surface area contributed by atoms with Crippen LogP contribution >= 0.6 is 0 Å². The maximum atomic E-state index is 12.4. The number of benzene rings is 2. The van der Waals surface area contributed by atoms with Crippen molar-refractivity contribution in [3.8, 4) is 5.75 Å². The number of amides is 1. The van der Waals surface area contributed by atoms with Crippen LogP contribution in [0.25, 0.3) is 0 Å². The van der Waals surface area contributed by atoms with Crippen molar-refractivity contribution in [3.63, 3.8) is 0 Å². The monoisotopic (exact) mass is 380 g/mol. The van der Waals surface area contributed by atoms with Crippen LogP contribution in [-0.2, 0) is 24.3 Å². The maximum absolute atomic E-state index is 12.4. The van der Waals surface area contributed by atoms with Crippen LogP contribution < -0.4 is 10.1 Å². The molecule has 1 saturated heterocycles. The highest BCUT2D eigenvalue weighted by atomic mass is 16.5. The summed E-state index contributed by atoms with van der Waals surface area (Å²) in [6.45, 7) is 7.83. The van der Waals surface area contributed by atoms with Crippen LogP contribution in [0.5, 0.6) is 5.75 Å². The Hall–Kier alpha value is -2.33. The van der Waals surface area contributed by atoms with Crippen molar-refractivity contribution in [2.24, 2.45) is 0 Å². The van der Waals surface area contributed by atoms with Gasteiger partial charge in [0.15, 0.2) is 6.10 Å². The molecule has 0 aliphatic carbocycles. The largest absolute Gasteiger partial charge is 0.481 e. The molecule has 1 N–H and O–H groups in total. The van der Waals surface area contributed by atoms with Crippen molar-refractivity contribution in [1.82, 2.24) is 10.2 Å². The third-order valence-corrected chi connectivity index (χ3v) is 5.37. The summed E-state index contributed by atoms with van der Waals surface area (Å²) in [7, 11) is 0. The lowest BCUT2D eigenvalue weighted by Crippen LogP contribution is -2.36. The Bertz CT molecular complexity index is 751. The first kappa shape index (κ1) is 20.4. The van der Waals surface area contributed by atoms with E-state index in [1.54, 1.807) is 6.92 Å². The van der Waals surface area contributed by atoms with Gasteiger partial charge in [-0.15, -0.1) is 0 Å². The van der Waals surface area contributed by atoms with Crippen molar-refractivity contribution in [2.45, 2.75) is 58.7 Å². The molecular formula is C24H32N2O2. The number of likely N-dealkylation sites (tertiary alicyclic amines) is 1. The summed E-state index contributed by atoms with van der Waals surface area (Å²) >= 11 is 0. The molecular weight excluding hydrogens is 348 g/mol. The fourth-order valence-electron chi connectivity index (χ4n) is 3.63. The average Bonchev–Trinajstić information content (AvgIpc) is 2.74. The highest BCUT2D eigenvalue weighted by molar-refractivity contribution is 5.80. The minimum Gasteiger partial charge on any atom is -0.481 e. The molecule has 1 amide bonds. The third-order valence-electron chi connectivity index (χ3n) is 5.37. The van der Waals surface area contributed by atoms with Gasteiger partial charge < -0.3 is 10.1 Å². The lowest BCUT2D eigenvalue weighted by Gasteiger charge is -2.26. The van der Waals surface area contributed by atoms with Crippen LogP contribution in [0.2, 0.25) is 0 Å². The molecule has 4 heteroatoms. The van der Waals surface area contributed by atoms with E-state index in [1.165, 1.54) is 37.9 Å². The van der Waals surface area contributed by atoms with E-state index in [2.05, 4.69) is 41.4 Å². The Morgan fingerprint density at radius 2 is 1.71 bits per heavy atom. The molecule has 1 aliphatic heterocycles. The number of hydrogen-bond acceptors (Lipinski definition) is 3. The summed E-state index contributed by atoms with van der Waals surface area (Å²) in [5.74, 6) is 0.693. The molecule has 0 radical (unpaired) electrons. The highest BCUT2D eigenvalue weighted by Gasteiger charge is 2.16. The Kier molecular flexibility index (Phi) is 7.49. The lowest BCUT2D eigenvalue weighted by atomic mass is 10.1. The van der Waals surface area contributed by atoms with Gasteiger partial charge in [-0.3, -0.25) is 9.69 Å². The van der Waals surface area contributed by atoms with Crippen LogP contribution in [0.1, 0.15) is 49.8 Å². The number of ether oxygens (including phenoxy) is 1. The number of nitrogens with one attached hydrogen (secondary N) is 1.